The van der Waals surface area contributed by atoms with Gasteiger partial charge in [-0.25, -0.2) is 0 Å². The topological polar surface area (TPSA) is 58.2 Å². The Bertz CT molecular complexity index is 528. The molecule has 6 heteroatoms. The van der Waals surface area contributed by atoms with Crippen LogP contribution in [0.2, 0.25) is 0 Å². The largest absolute Gasteiger partial charge is 0.355 e. The second-order valence-electron chi connectivity index (χ2n) is 4.82. The molecule has 1 atom stereocenters. The molecule has 2 amide bonds. The van der Waals surface area contributed by atoms with Crippen molar-refractivity contribution in [2.75, 3.05) is 12.4 Å². The van der Waals surface area contributed by atoms with Crippen molar-refractivity contribution in [3.63, 3.8) is 0 Å². The van der Waals surface area contributed by atoms with Gasteiger partial charge in [0.05, 0.1) is 5.41 Å². The van der Waals surface area contributed by atoms with E-state index < -0.39 is 9.75 Å². The molecule has 1 fully saturated rings. The lowest BCUT2D eigenvalue weighted by atomic mass is 10.1. The molecule has 2 N–H and O–H groups in total. The van der Waals surface area contributed by atoms with Crippen LogP contribution in [-0.2, 0) is 4.79 Å². The van der Waals surface area contributed by atoms with E-state index in [0.717, 1.165) is 0 Å². The summed E-state index contributed by atoms with van der Waals surface area (Å²) in [6.45, 7) is 1.72. The van der Waals surface area contributed by atoms with Crippen molar-refractivity contribution in [1.29, 1.82) is 0 Å². The number of nitrogens with one attached hydrogen (secondary N) is 2. The molecule has 0 aliphatic heterocycles. The summed E-state index contributed by atoms with van der Waals surface area (Å²) in [6.07, 6.45) is 0.436. The fourth-order valence-electron chi connectivity index (χ4n) is 1.76. The molecule has 2 rings (SSSR count). The van der Waals surface area contributed by atoms with Crippen LogP contribution in [-0.4, -0.2) is 23.2 Å². The summed E-state index contributed by atoms with van der Waals surface area (Å²) in [5, 5.41) is 5.27. The lowest BCUT2D eigenvalue weighted by Crippen LogP contribution is -2.26. The molecule has 4 nitrogen and oxygen atoms in total. The second-order valence-corrected chi connectivity index (χ2v) is 6.31. The third-order valence-electron chi connectivity index (χ3n) is 3.39. The summed E-state index contributed by atoms with van der Waals surface area (Å²) < 4.78 is -0.987. The van der Waals surface area contributed by atoms with Crippen LogP contribution in [0, 0.1) is 5.41 Å². The van der Waals surface area contributed by atoms with Gasteiger partial charge in [-0.1, -0.05) is 0 Å². The molecule has 1 aromatic carbocycles. The lowest BCUT2D eigenvalue weighted by Gasteiger charge is -2.12. The van der Waals surface area contributed by atoms with Crippen LogP contribution < -0.4 is 10.6 Å². The van der Waals surface area contributed by atoms with Gasteiger partial charge in [0, 0.05) is 18.3 Å². The van der Waals surface area contributed by atoms with Gasteiger partial charge in [-0.05, 0) is 37.6 Å². The molecule has 0 heterocycles. The minimum atomic E-state index is -0.987. The summed E-state index contributed by atoms with van der Waals surface area (Å²) in [4.78, 5) is 23.4. The first kappa shape index (κ1) is 14.2. The molecule has 1 unspecified atom stereocenters. The van der Waals surface area contributed by atoms with Gasteiger partial charge in [0.15, 0.2) is 0 Å². The molecule has 1 aromatic rings. The molecule has 0 bridgehead atoms. The number of carbonyl (C=O) groups excluding carboxylic acids is 2. The maximum absolute atomic E-state index is 12.0. The van der Waals surface area contributed by atoms with E-state index in [0.29, 0.717) is 17.7 Å². The van der Waals surface area contributed by atoms with Crippen molar-refractivity contribution in [3.05, 3.63) is 29.8 Å². The zero-order valence-electron chi connectivity index (χ0n) is 10.6. The summed E-state index contributed by atoms with van der Waals surface area (Å²) in [6, 6.07) is 6.60. The number of rotatable bonds is 3. The molecule has 0 radical (unpaired) electrons. The predicted octanol–water partition coefficient (Wildman–Crippen LogP) is 2.57. The van der Waals surface area contributed by atoms with E-state index in [2.05, 4.69) is 10.6 Å². The molecule has 1 aliphatic rings. The molecule has 0 saturated heterocycles. The van der Waals surface area contributed by atoms with Crippen molar-refractivity contribution in [2.45, 2.75) is 17.7 Å². The first-order valence-corrected chi connectivity index (χ1v) is 6.57. The number of anilines is 1. The molecule has 19 heavy (non-hydrogen) atoms. The molecule has 1 aliphatic carbocycles. The summed E-state index contributed by atoms with van der Waals surface area (Å²) in [7, 11) is 1.56. The van der Waals surface area contributed by atoms with Crippen LogP contribution in [0.3, 0.4) is 0 Å². The third-order valence-corrected chi connectivity index (χ3v) is 4.49. The monoisotopic (exact) mass is 300 g/mol. The fourth-order valence-corrected chi connectivity index (χ4v) is 2.47. The highest BCUT2D eigenvalue weighted by Gasteiger charge is 2.67. The Morgan fingerprint density at radius 3 is 2.16 bits per heavy atom. The molecule has 0 aromatic heterocycles. The highest BCUT2D eigenvalue weighted by atomic mass is 35.5. The maximum Gasteiger partial charge on any atom is 0.251 e. The van der Waals surface area contributed by atoms with Gasteiger partial charge in [-0.2, -0.15) is 0 Å². The summed E-state index contributed by atoms with van der Waals surface area (Å²) in [5.74, 6) is -0.391. The van der Waals surface area contributed by atoms with Gasteiger partial charge in [-0.3, -0.25) is 9.59 Å². The highest BCUT2D eigenvalue weighted by molar-refractivity contribution is 6.53. The van der Waals surface area contributed by atoms with E-state index in [9.17, 15) is 9.59 Å². The Hall–Kier alpha value is -1.26. The van der Waals surface area contributed by atoms with E-state index in [4.69, 9.17) is 23.2 Å². The van der Waals surface area contributed by atoms with E-state index in [1.807, 2.05) is 0 Å². The van der Waals surface area contributed by atoms with Crippen molar-refractivity contribution in [1.82, 2.24) is 5.32 Å². The summed E-state index contributed by atoms with van der Waals surface area (Å²) >= 11 is 11.9. The first-order valence-electron chi connectivity index (χ1n) is 5.81. The number of halogens is 2. The summed E-state index contributed by atoms with van der Waals surface area (Å²) in [5.41, 5.74) is 0.382. The van der Waals surface area contributed by atoms with E-state index >= 15 is 0 Å². The van der Waals surface area contributed by atoms with Crippen LogP contribution in [0.4, 0.5) is 5.69 Å². The van der Waals surface area contributed by atoms with Gasteiger partial charge >= 0.3 is 0 Å². The van der Waals surface area contributed by atoms with Crippen LogP contribution in [0.5, 0.6) is 0 Å². The fraction of sp³-hybridized carbons (Fsp3) is 0.385. The van der Waals surface area contributed by atoms with Gasteiger partial charge in [0.2, 0.25) is 5.91 Å². The normalized spacial score (nSPS) is 23.6. The first-order chi connectivity index (χ1) is 8.80. The number of hydrogen-bond donors (Lipinski definition) is 2. The van der Waals surface area contributed by atoms with Gasteiger partial charge < -0.3 is 10.6 Å². The number of hydrogen-bond acceptors (Lipinski definition) is 2. The second kappa shape index (κ2) is 4.69. The van der Waals surface area contributed by atoms with Crippen LogP contribution in [0.15, 0.2) is 24.3 Å². The standard InChI is InChI=1S/C13H14Cl2N2O2/c1-12(7-13(12,14)15)11(19)17-9-5-3-8(4-6-9)10(18)16-2/h3-6H,7H2,1-2H3,(H,16,18)(H,17,19). The van der Waals surface area contributed by atoms with Crippen LogP contribution in [0.1, 0.15) is 23.7 Å². The quantitative estimate of drug-likeness (QED) is 0.843. The van der Waals surface area contributed by atoms with Crippen molar-refractivity contribution < 1.29 is 9.59 Å². The molecule has 0 spiro atoms. The van der Waals surface area contributed by atoms with Crippen molar-refractivity contribution in [3.8, 4) is 0 Å². The number of benzene rings is 1. The maximum atomic E-state index is 12.0. The Labute approximate surface area is 121 Å². The Morgan fingerprint density at radius 2 is 1.74 bits per heavy atom. The predicted molar refractivity (Wildman–Crippen MR) is 75.6 cm³/mol. The van der Waals surface area contributed by atoms with Crippen LogP contribution >= 0.6 is 23.2 Å². The van der Waals surface area contributed by atoms with Gasteiger partial charge in [0.1, 0.15) is 4.33 Å². The highest BCUT2D eigenvalue weighted by Crippen LogP contribution is 2.64. The SMILES string of the molecule is CNC(=O)c1ccc(NC(=O)C2(C)CC2(Cl)Cl)cc1. The Morgan fingerprint density at radius 1 is 1.21 bits per heavy atom. The number of carbonyl (C=O) groups is 2. The molecular weight excluding hydrogens is 287 g/mol. The van der Waals surface area contributed by atoms with Crippen molar-refractivity contribution >= 4 is 40.7 Å². The van der Waals surface area contributed by atoms with E-state index in [1.54, 1.807) is 38.2 Å². The van der Waals surface area contributed by atoms with E-state index in [-0.39, 0.29) is 11.8 Å². The van der Waals surface area contributed by atoms with Gasteiger partial charge in [0.25, 0.3) is 5.91 Å². The average Bonchev–Trinajstić information content (AvgIpc) is 2.90. The van der Waals surface area contributed by atoms with Crippen molar-refractivity contribution in [2.24, 2.45) is 5.41 Å². The Balaban J connectivity index is 2.05. The van der Waals surface area contributed by atoms with Gasteiger partial charge in [-0.15, -0.1) is 23.2 Å². The zero-order valence-corrected chi connectivity index (χ0v) is 12.1. The number of alkyl halides is 2. The molecule has 102 valence electrons. The number of amides is 2. The van der Waals surface area contributed by atoms with Crippen LogP contribution in [0.25, 0.3) is 0 Å². The molecular formula is C13H14Cl2N2O2. The Kier molecular flexibility index (Phi) is 3.49. The van der Waals surface area contributed by atoms with E-state index in [1.165, 1.54) is 0 Å². The minimum absolute atomic E-state index is 0.174. The molecule has 1 saturated carbocycles. The third kappa shape index (κ3) is 2.55. The minimum Gasteiger partial charge on any atom is -0.355 e. The average molecular weight is 301 g/mol. The lowest BCUT2D eigenvalue weighted by molar-refractivity contribution is -0.120. The smallest absolute Gasteiger partial charge is 0.251 e. The zero-order chi connectivity index (χ0) is 14.3.